The van der Waals surface area contributed by atoms with Crippen LogP contribution in [0.2, 0.25) is 0 Å². The maximum atomic E-state index is 13.2. The predicted octanol–water partition coefficient (Wildman–Crippen LogP) is 1.72. The van der Waals surface area contributed by atoms with Crippen LogP contribution in [0.1, 0.15) is 23.2 Å². The Balaban J connectivity index is 0.00000180. The summed E-state index contributed by atoms with van der Waals surface area (Å²) >= 11 is 0. The maximum Gasteiger partial charge on any atom is 0.255 e. The standard InChI is InChI=1S/C13H17FN2O2.ClH/c1-18-12-5-4-9(14)6-10(12)13(17)16-11(7-15)8-2-3-8;/h4-6,8,11H,2-3,7,15H2,1H3,(H,16,17);1H. The van der Waals surface area contributed by atoms with Gasteiger partial charge in [0.1, 0.15) is 11.6 Å². The molecule has 3 N–H and O–H groups in total. The van der Waals surface area contributed by atoms with Crippen molar-refractivity contribution in [2.45, 2.75) is 18.9 Å². The third-order valence-electron chi connectivity index (χ3n) is 3.17. The molecule has 1 aliphatic carbocycles. The van der Waals surface area contributed by atoms with Gasteiger partial charge in [0.25, 0.3) is 5.91 Å². The van der Waals surface area contributed by atoms with Gasteiger partial charge in [0, 0.05) is 12.6 Å². The highest BCUT2D eigenvalue weighted by molar-refractivity contribution is 5.97. The molecule has 19 heavy (non-hydrogen) atoms. The molecular weight excluding hydrogens is 271 g/mol. The number of carbonyl (C=O) groups excluding carboxylic acids is 1. The molecule has 4 nitrogen and oxygen atoms in total. The molecule has 1 atom stereocenters. The molecule has 2 rings (SSSR count). The zero-order valence-corrected chi connectivity index (χ0v) is 11.5. The number of hydrogen-bond acceptors (Lipinski definition) is 3. The molecule has 0 spiro atoms. The monoisotopic (exact) mass is 288 g/mol. The Morgan fingerprint density at radius 1 is 1.58 bits per heavy atom. The highest BCUT2D eigenvalue weighted by Gasteiger charge is 2.31. The summed E-state index contributed by atoms with van der Waals surface area (Å²) in [4.78, 5) is 12.1. The van der Waals surface area contributed by atoms with Gasteiger partial charge < -0.3 is 15.8 Å². The van der Waals surface area contributed by atoms with Crippen LogP contribution in [-0.4, -0.2) is 25.6 Å². The number of hydrogen-bond donors (Lipinski definition) is 2. The summed E-state index contributed by atoms with van der Waals surface area (Å²) < 4.78 is 18.2. The number of amides is 1. The fourth-order valence-electron chi connectivity index (χ4n) is 1.97. The van der Waals surface area contributed by atoms with E-state index in [-0.39, 0.29) is 29.9 Å². The zero-order chi connectivity index (χ0) is 13.1. The van der Waals surface area contributed by atoms with Crippen LogP contribution in [0.3, 0.4) is 0 Å². The predicted molar refractivity (Wildman–Crippen MR) is 73.2 cm³/mol. The minimum absolute atomic E-state index is 0. The molecule has 0 aliphatic heterocycles. The molecule has 0 radical (unpaired) electrons. The van der Waals surface area contributed by atoms with E-state index >= 15 is 0 Å². The van der Waals surface area contributed by atoms with E-state index < -0.39 is 5.82 Å². The van der Waals surface area contributed by atoms with E-state index in [1.165, 1.54) is 25.3 Å². The molecular formula is C13H18ClFN2O2. The second kappa shape index (κ2) is 6.73. The van der Waals surface area contributed by atoms with Gasteiger partial charge in [-0.15, -0.1) is 12.4 Å². The quantitative estimate of drug-likeness (QED) is 0.867. The van der Waals surface area contributed by atoms with Crippen molar-refractivity contribution in [1.29, 1.82) is 0 Å². The third kappa shape index (κ3) is 3.81. The first-order valence-electron chi connectivity index (χ1n) is 6.00. The number of halogens is 2. The van der Waals surface area contributed by atoms with Gasteiger partial charge in [-0.1, -0.05) is 0 Å². The van der Waals surface area contributed by atoms with E-state index in [9.17, 15) is 9.18 Å². The SMILES string of the molecule is COc1ccc(F)cc1C(=O)NC(CN)C1CC1.Cl. The lowest BCUT2D eigenvalue weighted by atomic mass is 10.1. The summed E-state index contributed by atoms with van der Waals surface area (Å²) in [6.45, 7) is 0.397. The Morgan fingerprint density at radius 2 is 2.26 bits per heavy atom. The molecule has 0 bridgehead atoms. The van der Waals surface area contributed by atoms with Gasteiger partial charge in [0.15, 0.2) is 0 Å². The largest absolute Gasteiger partial charge is 0.496 e. The van der Waals surface area contributed by atoms with E-state index in [2.05, 4.69) is 5.32 Å². The number of ether oxygens (including phenoxy) is 1. The van der Waals surface area contributed by atoms with Crippen molar-refractivity contribution in [3.63, 3.8) is 0 Å². The fourth-order valence-corrected chi connectivity index (χ4v) is 1.97. The number of benzene rings is 1. The van der Waals surface area contributed by atoms with E-state index in [0.717, 1.165) is 12.8 Å². The first-order chi connectivity index (χ1) is 8.65. The first-order valence-corrected chi connectivity index (χ1v) is 6.00. The molecule has 1 aromatic rings. The molecule has 1 amide bonds. The van der Waals surface area contributed by atoms with E-state index in [1.54, 1.807) is 0 Å². The van der Waals surface area contributed by atoms with Crippen molar-refractivity contribution in [3.05, 3.63) is 29.6 Å². The Hall–Kier alpha value is -1.33. The minimum atomic E-state index is -0.461. The van der Waals surface area contributed by atoms with E-state index in [1.807, 2.05) is 0 Å². The molecule has 6 heteroatoms. The van der Waals surface area contributed by atoms with Gasteiger partial charge in [-0.25, -0.2) is 4.39 Å². The molecule has 1 aromatic carbocycles. The van der Waals surface area contributed by atoms with Crippen molar-refractivity contribution >= 4 is 18.3 Å². The van der Waals surface area contributed by atoms with Crippen molar-refractivity contribution < 1.29 is 13.9 Å². The van der Waals surface area contributed by atoms with Crippen LogP contribution in [-0.2, 0) is 0 Å². The van der Waals surface area contributed by atoms with Gasteiger partial charge in [0.05, 0.1) is 12.7 Å². The molecule has 1 saturated carbocycles. The van der Waals surface area contributed by atoms with E-state index in [0.29, 0.717) is 18.2 Å². The lowest BCUT2D eigenvalue weighted by molar-refractivity contribution is 0.0930. The summed E-state index contributed by atoms with van der Waals surface area (Å²) in [7, 11) is 1.45. The van der Waals surface area contributed by atoms with Crippen LogP contribution < -0.4 is 15.8 Å². The Morgan fingerprint density at radius 3 is 2.79 bits per heavy atom. The lowest BCUT2D eigenvalue weighted by Crippen LogP contribution is -2.41. The topological polar surface area (TPSA) is 64.3 Å². The highest BCUT2D eigenvalue weighted by atomic mass is 35.5. The van der Waals surface area contributed by atoms with Crippen LogP contribution in [0.15, 0.2) is 18.2 Å². The van der Waals surface area contributed by atoms with Gasteiger partial charge in [-0.3, -0.25) is 4.79 Å². The summed E-state index contributed by atoms with van der Waals surface area (Å²) in [5.41, 5.74) is 5.83. The normalized spacial score (nSPS) is 15.3. The van der Waals surface area contributed by atoms with Gasteiger partial charge >= 0.3 is 0 Å². The zero-order valence-electron chi connectivity index (χ0n) is 10.7. The Labute approximate surface area is 117 Å². The van der Waals surface area contributed by atoms with Crippen molar-refractivity contribution in [1.82, 2.24) is 5.32 Å². The van der Waals surface area contributed by atoms with Crippen molar-refractivity contribution in [2.75, 3.05) is 13.7 Å². The minimum Gasteiger partial charge on any atom is -0.496 e. The summed E-state index contributed by atoms with van der Waals surface area (Å²) in [6, 6.07) is 3.84. The van der Waals surface area contributed by atoms with Crippen LogP contribution in [0.5, 0.6) is 5.75 Å². The van der Waals surface area contributed by atoms with Gasteiger partial charge in [0.2, 0.25) is 0 Å². The molecule has 0 heterocycles. The van der Waals surface area contributed by atoms with Crippen molar-refractivity contribution in [2.24, 2.45) is 11.7 Å². The number of nitrogens with one attached hydrogen (secondary N) is 1. The number of rotatable bonds is 5. The molecule has 0 aromatic heterocycles. The second-order valence-corrected chi connectivity index (χ2v) is 4.50. The maximum absolute atomic E-state index is 13.2. The smallest absolute Gasteiger partial charge is 0.255 e. The number of methoxy groups -OCH3 is 1. The second-order valence-electron chi connectivity index (χ2n) is 4.50. The lowest BCUT2D eigenvalue weighted by Gasteiger charge is -2.17. The van der Waals surface area contributed by atoms with Crippen LogP contribution >= 0.6 is 12.4 Å². The Kier molecular flexibility index (Phi) is 5.57. The summed E-state index contributed by atoms with van der Waals surface area (Å²) in [6.07, 6.45) is 2.17. The molecule has 1 aliphatic rings. The third-order valence-corrected chi connectivity index (χ3v) is 3.17. The molecule has 1 unspecified atom stereocenters. The average molecular weight is 289 g/mol. The molecule has 1 fully saturated rings. The Bertz CT molecular complexity index is 452. The fraction of sp³-hybridized carbons (Fsp3) is 0.462. The van der Waals surface area contributed by atoms with E-state index in [4.69, 9.17) is 10.5 Å². The van der Waals surface area contributed by atoms with Gasteiger partial charge in [-0.05, 0) is 37.0 Å². The molecule has 0 saturated heterocycles. The van der Waals surface area contributed by atoms with Crippen LogP contribution in [0.25, 0.3) is 0 Å². The molecule has 106 valence electrons. The average Bonchev–Trinajstić information content (AvgIpc) is 3.19. The van der Waals surface area contributed by atoms with Gasteiger partial charge in [-0.2, -0.15) is 0 Å². The van der Waals surface area contributed by atoms with Crippen molar-refractivity contribution in [3.8, 4) is 5.75 Å². The highest BCUT2D eigenvalue weighted by Crippen LogP contribution is 2.32. The number of carbonyl (C=O) groups is 1. The summed E-state index contributed by atoms with van der Waals surface area (Å²) in [5.74, 6) is 0.0179. The summed E-state index contributed by atoms with van der Waals surface area (Å²) in [5, 5.41) is 2.84. The number of nitrogens with two attached hydrogens (primary N) is 1. The first kappa shape index (κ1) is 15.7. The van der Waals surface area contributed by atoms with Crippen LogP contribution in [0, 0.1) is 11.7 Å². The van der Waals surface area contributed by atoms with Crippen LogP contribution in [0.4, 0.5) is 4.39 Å².